The minimum Gasteiger partial charge on any atom is -0.352 e. The van der Waals surface area contributed by atoms with E-state index in [0.717, 1.165) is 28.8 Å². The van der Waals surface area contributed by atoms with Gasteiger partial charge in [-0.05, 0) is 59.0 Å². The van der Waals surface area contributed by atoms with E-state index in [4.69, 9.17) is 0 Å². The summed E-state index contributed by atoms with van der Waals surface area (Å²) in [6, 6.07) is 5.47. The molecule has 2 nitrogen and oxygen atoms in total. The fraction of sp³-hybridized carbons (Fsp3) is 0.462. The third-order valence-electron chi connectivity index (χ3n) is 2.51. The molecule has 0 unspecified atom stereocenters. The van der Waals surface area contributed by atoms with Gasteiger partial charge in [-0.15, -0.1) is 12.6 Å². The average Bonchev–Trinajstić information content (AvgIpc) is 2.36. The highest BCUT2D eigenvalue weighted by Gasteiger charge is 2.09. The summed E-state index contributed by atoms with van der Waals surface area (Å²) in [5.74, 6) is 1.16. The highest BCUT2D eigenvalue weighted by atomic mass is 79.9. The lowest BCUT2D eigenvalue weighted by molar-refractivity contribution is 0.0952. The maximum absolute atomic E-state index is 11.9. The minimum atomic E-state index is -0.0392. The van der Waals surface area contributed by atoms with Crippen molar-refractivity contribution in [2.24, 2.45) is 0 Å². The topological polar surface area (TPSA) is 29.1 Å². The van der Waals surface area contributed by atoms with Gasteiger partial charge < -0.3 is 5.32 Å². The summed E-state index contributed by atoms with van der Waals surface area (Å²) in [4.78, 5) is 12.7. The van der Waals surface area contributed by atoms with Gasteiger partial charge in [0.15, 0.2) is 0 Å². The third kappa shape index (κ3) is 5.67. The van der Waals surface area contributed by atoms with E-state index in [1.54, 1.807) is 6.07 Å². The molecule has 0 aromatic heterocycles. The Labute approximate surface area is 127 Å². The number of hydrogen-bond donors (Lipinski definition) is 2. The van der Waals surface area contributed by atoms with Crippen LogP contribution in [0.15, 0.2) is 27.6 Å². The summed E-state index contributed by atoms with van der Waals surface area (Å²) < 4.78 is 0.806. The van der Waals surface area contributed by atoms with Crippen LogP contribution < -0.4 is 5.32 Å². The number of carbonyl (C=O) groups is 1. The number of carbonyl (C=O) groups excluding carboxylic acids is 1. The number of hydrogen-bond acceptors (Lipinski definition) is 3. The lowest BCUT2D eigenvalue weighted by Gasteiger charge is -2.07. The third-order valence-corrected chi connectivity index (χ3v) is 4.17. The predicted molar refractivity (Wildman–Crippen MR) is 86.0 cm³/mol. The van der Waals surface area contributed by atoms with Crippen molar-refractivity contribution in [1.82, 2.24) is 5.32 Å². The van der Waals surface area contributed by atoms with Gasteiger partial charge in [-0.3, -0.25) is 4.79 Å². The summed E-state index contributed by atoms with van der Waals surface area (Å²) in [7, 11) is 0. The van der Waals surface area contributed by atoms with E-state index in [1.165, 1.54) is 12.2 Å². The number of amides is 1. The smallest absolute Gasteiger partial charge is 0.252 e. The number of thiol groups is 1. The molecule has 0 radical (unpaired) electrons. The monoisotopic (exact) mass is 347 g/mol. The van der Waals surface area contributed by atoms with Crippen LogP contribution in [0.5, 0.6) is 0 Å². The van der Waals surface area contributed by atoms with Gasteiger partial charge in [0.2, 0.25) is 0 Å². The van der Waals surface area contributed by atoms with Gasteiger partial charge in [0.1, 0.15) is 0 Å². The van der Waals surface area contributed by atoms with E-state index in [0.29, 0.717) is 5.56 Å². The zero-order valence-electron chi connectivity index (χ0n) is 10.4. The standard InChI is InChI=1S/C13H18BrNOS2/c1-18-8-4-2-3-7-15-13(16)11-9-10(17)5-6-12(11)14/h5-6,9,17H,2-4,7-8H2,1H3,(H,15,16). The van der Waals surface area contributed by atoms with Crippen molar-refractivity contribution in [1.29, 1.82) is 0 Å². The largest absolute Gasteiger partial charge is 0.352 e. The van der Waals surface area contributed by atoms with E-state index in [1.807, 2.05) is 23.9 Å². The molecule has 0 atom stereocenters. The molecule has 5 heteroatoms. The highest BCUT2D eigenvalue weighted by molar-refractivity contribution is 9.10. The first-order chi connectivity index (χ1) is 8.65. The maximum atomic E-state index is 11.9. The molecule has 0 saturated carbocycles. The van der Waals surface area contributed by atoms with Crippen molar-refractivity contribution in [3.8, 4) is 0 Å². The Balaban J connectivity index is 2.34. The molecule has 1 amide bonds. The molecule has 0 saturated heterocycles. The van der Waals surface area contributed by atoms with Crippen LogP contribution in [0.1, 0.15) is 29.6 Å². The van der Waals surface area contributed by atoms with Crippen LogP contribution in [-0.4, -0.2) is 24.5 Å². The number of nitrogens with one attached hydrogen (secondary N) is 1. The van der Waals surface area contributed by atoms with Crippen molar-refractivity contribution >= 4 is 46.2 Å². The van der Waals surface area contributed by atoms with Gasteiger partial charge in [0, 0.05) is 15.9 Å². The first-order valence-corrected chi connectivity index (χ1v) is 8.54. The zero-order chi connectivity index (χ0) is 13.4. The highest BCUT2D eigenvalue weighted by Crippen LogP contribution is 2.20. The normalized spacial score (nSPS) is 10.4. The second kappa shape index (κ2) is 8.88. The first kappa shape index (κ1) is 15.9. The van der Waals surface area contributed by atoms with Crippen LogP contribution in [0, 0.1) is 0 Å². The summed E-state index contributed by atoms with van der Waals surface area (Å²) in [5.41, 5.74) is 0.645. The van der Waals surface area contributed by atoms with Crippen molar-refractivity contribution in [2.75, 3.05) is 18.6 Å². The Morgan fingerprint density at radius 3 is 2.89 bits per heavy atom. The molecule has 0 heterocycles. The van der Waals surface area contributed by atoms with Gasteiger partial charge in [-0.25, -0.2) is 0 Å². The Hall–Kier alpha value is -0.130. The van der Waals surface area contributed by atoms with Crippen LogP contribution in [-0.2, 0) is 0 Å². The van der Waals surface area contributed by atoms with E-state index in [9.17, 15) is 4.79 Å². The molecule has 18 heavy (non-hydrogen) atoms. The molecule has 0 bridgehead atoms. The minimum absolute atomic E-state index is 0.0392. The zero-order valence-corrected chi connectivity index (χ0v) is 13.7. The van der Waals surface area contributed by atoms with Crippen LogP contribution in [0.25, 0.3) is 0 Å². The SMILES string of the molecule is CSCCCCCNC(=O)c1cc(S)ccc1Br. The Morgan fingerprint density at radius 1 is 1.39 bits per heavy atom. The molecule has 1 aromatic carbocycles. The number of unbranched alkanes of at least 4 members (excludes halogenated alkanes) is 2. The van der Waals surface area contributed by atoms with Gasteiger partial charge in [-0.2, -0.15) is 11.8 Å². The average molecular weight is 348 g/mol. The Morgan fingerprint density at radius 2 is 2.17 bits per heavy atom. The summed E-state index contributed by atoms with van der Waals surface area (Å²) in [6.45, 7) is 0.733. The van der Waals surface area contributed by atoms with Crippen molar-refractivity contribution < 1.29 is 4.79 Å². The molecule has 0 aliphatic heterocycles. The van der Waals surface area contributed by atoms with Crippen molar-refractivity contribution in [3.05, 3.63) is 28.2 Å². The summed E-state index contributed by atoms with van der Waals surface area (Å²) >= 11 is 9.48. The lowest BCUT2D eigenvalue weighted by atomic mass is 10.2. The molecule has 1 aromatic rings. The summed E-state index contributed by atoms with van der Waals surface area (Å²) in [5, 5.41) is 2.93. The number of benzene rings is 1. The Kier molecular flexibility index (Phi) is 7.86. The van der Waals surface area contributed by atoms with Crippen molar-refractivity contribution in [3.63, 3.8) is 0 Å². The van der Waals surface area contributed by atoms with E-state index in [2.05, 4.69) is 40.1 Å². The van der Waals surface area contributed by atoms with Gasteiger partial charge in [0.25, 0.3) is 5.91 Å². The van der Waals surface area contributed by atoms with E-state index >= 15 is 0 Å². The van der Waals surface area contributed by atoms with Crippen LogP contribution in [0.4, 0.5) is 0 Å². The van der Waals surface area contributed by atoms with Crippen LogP contribution in [0.3, 0.4) is 0 Å². The molecular weight excluding hydrogens is 330 g/mol. The fourth-order valence-electron chi connectivity index (χ4n) is 1.53. The molecule has 1 N–H and O–H groups in total. The lowest BCUT2D eigenvalue weighted by Crippen LogP contribution is -2.24. The first-order valence-electron chi connectivity index (χ1n) is 5.91. The predicted octanol–water partition coefficient (Wildman–Crippen LogP) is 4.00. The van der Waals surface area contributed by atoms with Gasteiger partial charge in [0.05, 0.1) is 5.56 Å². The van der Waals surface area contributed by atoms with Crippen LogP contribution >= 0.6 is 40.3 Å². The quantitative estimate of drug-likeness (QED) is 0.576. The molecule has 100 valence electrons. The summed E-state index contributed by atoms with van der Waals surface area (Å²) in [6.07, 6.45) is 5.52. The van der Waals surface area contributed by atoms with E-state index in [-0.39, 0.29) is 5.91 Å². The second-order valence-electron chi connectivity index (χ2n) is 3.97. The molecule has 0 aliphatic carbocycles. The molecular formula is C13H18BrNOS2. The molecule has 1 rings (SSSR count). The van der Waals surface area contributed by atoms with Gasteiger partial charge >= 0.3 is 0 Å². The van der Waals surface area contributed by atoms with Crippen molar-refractivity contribution in [2.45, 2.75) is 24.2 Å². The number of rotatable bonds is 7. The van der Waals surface area contributed by atoms with E-state index < -0.39 is 0 Å². The molecule has 0 spiro atoms. The fourth-order valence-corrected chi connectivity index (χ4v) is 2.66. The number of halogens is 1. The van der Waals surface area contributed by atoms with Gasteiger partial charge in [-0.1, -0.05) is 6.42 Å². The van der Waals surface area contributed by atoms with Crippen LogP contribution in [0.2, 0.25) is 0 Å². The number of thioether (sulfide) groups is 1. The second-order valence-corrected chi connectivity index (χ2v) is 6.33. The maximum Gasteiger partial charge on any atom is 0.252 e. The molecule has 0 aliphatic rings. The Bertz CT molecular complexity index is 399. The molecule has 0 fully saturated rings.